The van der Waals surface area contributed by atoms with Crippen molar-refractivity contribution in [3.8, 4) is 0 Å². The normalized spacial score (nSPS) is 11.4. The van der Waals surface area contributed by atoms with Crippen molar-refractivity contribution in [1.82, 2.24) is 24.5 Å². The van der Waals surface area contributed by atoms with Gasteiger partial charge in [-0.25, -0.2) is 0 Å². The summed E-state index contributed by atoms with van der Waals surface area (Å²) < 4.78 is 7.09. The number of likely N-dealkylation sites (N-methyl/N-ethyl adjacent to an activating group) is 1. The second-order valence-electron chi connectivity index (χ2n) is 4.28. The van der Waals surface area contributed by atoms with E-state index < -0.39 is 0 Å². The lowest BCUT2D eigenvalue weighted by molar-refractivity contribution is 0.126. The van der Waals surface area contributed by atoms with Crippen LogP contribution in [0.5, 0.6) is 0 Å². The Kier molecular flexibility index (Phi) is 4.89. The first-order valence-corrected chi connectivity index (χ1v) is 6.37. The molecule has 104 valence electrons. The molecular weight excluding hydrogens is 268 g/mol. The number of anilines is 1. The Morgan fingerprint density at radius 1 is 1.42 bits per heavy atom. The summed E-state index contributed by atoms with van der Waals surface area (Å²) in [5.41, 5.74) is 0. The van der Waals surface area contributed by atoms with Gasteiger partial charge in [0.2, 0.25) is 0 Å². The summed E-state index contributed by atoms with van der Waals surface area (Å²) in [5, 5.41) is 7.66. The standard InChI is InChI=1S/C11H17ClN6O/c1-17(2)4-6-19-5-3-13-10-7-9(12)16-11-14-8-15-18(10)11/h7-8,13H,3-6H2,1-2H3. The molecule has 0 atom stereocenters. The summed E-state index contributed by atoms with van der Waals surface area (Å²) in [6.07, 6.45) is 1.44. The lowest BCUT2D eigenvalue weighted by atomic mass is 10.5. The van der Waals surface area contributed by atoms with Crippen molar-refractivity contribution < 1.29 is 4.74 Å². The van der Waals surface area contributed by atoms with Crippen molar-refractivity contribution in [3.05, 3.63) is 17.5 Å². The molecule has 2 heterocycles. The number of nitrogens with zero attached hydrogens (tertiary/aromatic N) is 5. The average molecular weight is 285 g/mol. The molecule has 0 unspecified atom stereocenters. The van der Waals surface area contributed by atoms with Gasteiger partial charge in [0.1, 0.15) is 17.3 Å². The number of hydrogen-bond donors (Lipinski definition) is 1. The predicted molar refractivity (Wildman–Crippen MR) is 73.7 cm³/mol. The fraction of sp³-hybridized carbons (Fsp3) is 0.545. The molecule has 0 aliphatic rings. The van der Waals surface area contributed by atoms with Gasteiger partial charge < -0.3 is 15.0 Å². The second-order valence-corrected chi connectivity index (χ2v) is 4.67. The first-order chi connectivity index (χ1) is 9.16. The molecule has 8 heteroatoms. The van der Waals surface area contributed by atoms with Gasteiger partial charge in [-0.15, -0.1) is 0 Å². The van der Waals surface area contributed by atoms with Gasteiger partial charge in [0.15, 0.2) is 0 Å². The van der Waals surface area contributed by atoms with Gasteiger partial charge in [-0.1, -0.05) is 11.6 Å². The van der Waals surface area contributed by atoms with Crippen LogP contribution in [-0.2, 0) is 4.74 Å². The minimum atomic E-state index is 0.386. The minimum absolute atomic E-state index is 0.386. The van der Waals surface area contributed by atoms with Crippen LogP contribution in [0.3, 0.4) is 0 Å². The fourth-order valence-electron chi connectivity index (χ4n) is 1.51. The summed E-state index contributed by atoms with van der Waals surface area (Å²) in [5.74, 6) is 1.23. The molecule has 0 aliphatic carbocycles. The van der Waals surface area contributed by atoms with Crippen LogP contribution >= 0.6 is 11.6 Å². The molecule has 19 heavy (non-hydrogen) atoms. The number of aromatic nitrogens is 4. The fourth-order valence-corrected chi connectivity index (χ4v) is 1.69. The van der Waals surface area contributed by atoms with Gasteiger partial charge in [-0.3, -0.25) is 0 Å². The quantitative estimate of drug-likeness (QED) is 0.598. The van der Waals surface area contributed by atoms with E-state index in [1.54, 1.807) is 10.6 Å². The maximum absolute atomic E-state index is 5.91. The van der Waals surface area contributed by atoms with Gasteiger partial charge in [-0.05, 0) is 14.1 Å². The molecule has 2 aromatic heterocycles. The minimum Gasteiger partial charge on any atom is -0.378 e. The summed E-state index contributed by atoms with van der Waals surface area (Å²) in [6.45, 7) is 2.91. The van der Waals surface area contributed by atoms with E-state index in [0.717, 1.165) is 12.4 Å². The van der Waals surface area contributed by atoms with Crippen LogP contribution in [0, 0.1) is 0 Å². The SMILES string of the molecule is CN(C)CCOCCNc1cc(Cl)nc2ncnn12. The van der Waals surface area contributed by atoms with E-state index in [9.17, 15) is 0 Å². The second kappa shape index (κ2) is 6.65. The van der Waals surface area contributed by atoms with E-state index in [-0.39, 0.29) is 0 Å². The number of halogens is 1. The summed E-state index contributed by atoms with van der Waals surface area (Å²) in [4.78, 5) is 10.1. The van der Waals surface area contributed by atoms with Crippen LogP contribution < -0.4 is 5.32 Å². The molecule has 0 saturated carbocycles. The molecule has 7 nitrogen and oxygen atoms in total. The maximum Gasteiger partial charge on any atom is 0.255 e. The molecule has 0 saturated heterocycles. The van der Waals surface area contributed by atoms with Crippen molar-refractivity contribution >= 4 is 23.2 Å². The van der Waals surface area contributed by atoms with Gasteiger partial charge >= 0.3 is 0 Å². The molecule has 0 amide bonds. The van der Waals surface area contributed by atoms with Crippen molar-refractivity contribution in [2.45, 2.75) is 0 Å². The van der Waals surface area contributed by atoms with Crippen LogP contribution in [0.4, 0.5) is 5.82 Å². The zero-order valence-corrected chi connectivity index (χ0v) is 11.8. The molecule has 0 radical (unpaired) electrons. The molecule has 0 aliphatic heterocycles. The van der Waals surface area contributed by atoms with Crippen molar-refractivity contribution in [3.63, 3.8) is 0 Å². The van der Waals surface area contributed by atoms with E-state index in [0.29, 0.717) is 30.7 Å². The van der Waals surface area contributed by atoms with Gasteiger partial charge in [0, 0.05) is 19.2 Å². The molecule has 0 bridgehead atoms. The van der Waals surface area contributed by atoms with Crippen LogP contribution in [0.25, 0.3) is 5.78 Å². The largest absolute Gasteiger partial charge is 0.378 e. The molecule has 2 aromatic rings. The molecule has 0 fully saturated rings. The molecule has 1 N–H and O–H groups in total. The first-order valence-electron chi connectivity index (χ1n) is 5.99. The summed E-state index contributed by atoms with van der Waals surface area (Å²) in [6, 6.07) is 1.71. The van der Waals surface area contributed by atoms with Crippen molar-refractivity contribution in [1.29, 1.82) is 0 Å². The van der Waals surface area contributed by atoms with Gasteiger partial charge in [-0.2, -0.15) is 19.6 Å². The third kappa shape index (κ3) is 4.02. The highest BCUT2D eigenvalue weighted by atomic mass is 35.5. The van der Waals surface area contributed by atoms with E-state index in [1.807, 2.05) is 14.1 Å². The maximum atomic E-state index is 5.91. The first kappa shape index (κ1) is 14.0. The van der Waals surface area contributed by atoms with E-state index >= 15 is 0 Å². The Balaban J connectivity index is 1.83. The smallest absolute Gasteiger partial charge is 0.255 e. The molecule has 2 rings (SSSR count). The Labute approximate surface area is 116 Å². The summed E-state index contributed by atoms with van der Waals surface area (Å²) in [7, 11) is 4.03. The van der Waals surface area contributed by atoms with Crippen LogP contribution in [0.2, 0.25) is 5.15 Å². The highest BCUT2D eigenvalue weighted by molar-refractivity contribution is 6.29. The zero-order valence-electron chi connectivity index (χ0n) is 11.0. The molecule has 0 spiro atoms. The van der Waals surface area contributed by atoms with Crippen LogP contribution in [0.15, 0.2) is 12.4 Å². The number of fused-ring (bicyclic) bond motifs is 1. The van der Waals surface area contributed by atoms with E-state index in [2.05, 4.69) is 25.3 Å². The molecule has 0 aromatic carbocycles. The van der Waals surface area contributed by atoms with Crippen molar-refractivity contribution in [2.24, 2.45) is 0 Å². The van der Waals surface area contributed by atoms with E-state index in [1.165, 1.54) is 6.33 Å². The Morgan fingerprint density at radius 3 is 3.05 bits per heavy atom. The van der Waals surface area contributed by atoms with Gasteiger partial charge in [0.25, 0.3) is 5.78 Å². The Hall–Kier alpha value is -1.44. The number of rotatable bonds is 7. The third-order valence-corrected chi connectivity index (χ3v) is 2.65. The number of hydrogen-bond acceptors (Lipinski definition) is 6. The Morgan fingerprint density at radius 2 is 2.26 bits per heavy atom. The van der Waals surface area contributed by atoms with Gasteiger partial charge in [0.05, 0.1) is 13.2 Å². The average Bonchev–Trinajstić information content (AvgIpc) is 2.80. The van der Waals surface area contributed by atoms with Crippen molar-refractivity contribution in [2.75, 3.05) is 45.7 Å². The zero-order chi connectivity index (χ0) is 13.7. The topological polar surface area (TPSA) is 67.6 Å². The summed E-state index contributed by atoms with van der Waals surface area (Å²) >= 11 is 5.91. The van der Waals surface area contributed by atoms with Crippen LogP contribution in [-0.4, -0.2) is 64.9 Å². The highest BCUT2D eigenvalue weighted by Gasteiger charge is 2.05. The van der Waals surface area contributed by atoms with E-state index in [4.69, 9.17) is 16.3 Å². The lowest BCUT2D eigenvalue weighted by Gasteiger charge is -2.11. The van der Waals surface area contributed by atoms with Crippen LogP contribution in [0.1, 0.15) is 0 Å². The monoisotopic (exact) mass is 284 g/mol. The predicted octanol–water partition coefficient (Wildman–Crippen LogP) is 0.768. The lowest BCUT2D eigenvalue weighted by Crippen LogP contribution is -2.20. The third-order valence-electron chi connectivity index (χ3n) is 2.46. The number of ether oxygens (including phenoxy) is 1. The number of nitrogens with one attached hydrogen (secondary N) is 1. The molecular formula is C11H17ClN6O. The Bertz CT molecular complexity index is 529. The highest BCUT2D eigenvalue weighted by Crippen LogP contribution is 2.13.